The van der Waals surface area contributed by atoms with Gasteiger partial charge in [0.25, 0.3) is 0 Å². The third-order valence-corrected chi connectivity index (χ3v) is 7.58. The molecule has 1 saturated heterocycles. The van der Waals surface area contributed by atoms with E-state index in [2.05, 4.69) is 5.32 Å². The molecule has 0 saturated carbocycles. The quantitative estimate of drug-likeness (QED) is 0.659. The number of rotatable bonds is 6. The highest BCUT2D eigenvalue weighted by Crippen LogP contribution is 2.25. The van der Waals surface area contributed by atoms with Crippen LogP contribution in [0.5, 0.6) is 0 Å². The predicted octanol–water partition coefficient (Wildman–Crippen LogP) is 3.62. The van der Waals surface area contributed by atoms with Crippen LogP contribution in [0, 0.1) is 12.8 Å². The van der Waals surface area contributed by atoms with Gasteiger partial charge < -0.3 is 10.1 Å². The van der Waals surface area contributed by atoms with Gasteiger partial charge in [-0.25, -0.2) is 17.5 Å². The molecule has 166 valence electrons. The predicted molar refractivity (Wildman–Crippen MR) is 120 cm³/mol. The maximum Gasteiger partial charge on any atom is 0.338 e. The largest absolute Gasteiger partial charge is 0.465 e. The molecule has 1 fully saturated rings. The standard InChI is InChI=1S/C22H25ClN2O5S/c1-15-19(22(27)30-2)4-3-5-20(15)24-21(26)17-10-12-25(13-11-17)31(28,29)14-16-6-8-18(23)9-7-16/h3-9,17H,10-14H2,1-2H3,(H,24,26). The number of nitrogens with zero attached hydrogens (tertiary/aromatic N) is 1. The Balaban J connectivity index is 1.60. The minimum Gasteiger partial charge on any atom is -0.465 e. The number of anilines is 1. The second-order valence-corrected chi connectivity index (χ2v) is 9.92. The Labute approximate surface area is 187 Å². The van der Waals surface area contributed by atoms with E-state index in [0.717, 1.165) is 0 Å². The van der Waals surface area contributed by atoms with E-state index in [0.29, 0.717) is 40.2 Å². The van der Waals surface area contributed by atoms with E-state index >= 15 is 0 Å². The van der Waals surface area contributed by atoms with E-state index in [1.54, 1.807) is 49.4 Å². The van der Waals surface area contributed by atoms with Gasteiger partial charge in [0.15, 0.2) is 0 Å². The molecule has 9 heteroatoms. The van der Waals surface area contributed by atoms with Gasteiger partial charge in [0.1, 0.15) is 0 Å². The lowest BCUT2D eigenvalue weighted by Crippen LogP contribution is -2.41. The first-order valence-corrected chi connectivity index (χ1v) is 11.9. The summed E-state index contributed by atoms with van der Waals surface area (Å²) < 4.78 is 31.7. The monoisotopic (exact) mass is 464 g/mol. The summed E-state index contributed by atoms with van der Waals surface area (Å²) in [6.45, 7) is 2.32. The number of hydrogen-bond donors (Lipinski definition) is 1. The van der Waals surface area contributed by atoms with E-state index in [1.807, 2.05) is 0 Å². The van der Waals surface area contributed by atoms with Crippen LogP contribution in [0.2, 0.25) is 5.02 Å². The molecule has 7 nitrogen and oxygen atoms in total. The molecule has 1 aliphatic heterocycles. The van der Waals surface area contributed by atoms with E-state index in [1.165, 1.54) is 11.4 Å². The van der Waals surface area contributed by atoms with Gasteiger partial charge in [-0.05, 0) is 55.2 Å². The number of sulfonamides is 1. The zero-order chi connectivity index (χ0) is 22.6. The van der Waals surface area contributed by atoms with Crippen LogP contribution in [0.15, 0.2) is 42.5 Å². The molecule has 1 N–H and O–H groups in total. The fourth-order valence-electron chi connectivity index (χ4n) is 3.62. The molecule has 0 aromatic heterocycles. The van der Waals surface area contributed by atoms with Crippen LogP contribution in [-0.4, -0.2) is 44.8 Å². The first-order chi connectivity index (χ1) is 14.7. The summed E-state index contributed by atoms with van der Waals surface area (Å²) in [7, 11) is -2.17. The van der Waals surface area contributed by atoms with Crippen LogP contribution in [0.3, 0.4) is 0 Å². The number of hydrogen-bond acceptors (Lipinski definition) is 5. The molecule has 2 aromatic carbocycles. The van der Waals surface area contributed by atoms with Crippen molar-refractivity contribution in [2.45, 2.75) is 25.5 Å². The maximum absolute atomic E-state index is 12.7. The number of carbonyl (C=O) groups excluding carboxylic acids is 2. The summed E-state index contributed by atoms with van der Waals surface area (Å²) in [5.41, 5.74) is 2.24. The molecule has 31 heavy (non-hydrogen) atoms. The third-order valence-electron chi connectivity index (χ3n) is 5.48. The van der Waals surface area contributed by atoms with Gasteiger partial charge in [-0.3, -0.25) is 4.79 Å². The van der Waals surface area contributed by atoms with Crippen LogP contribution < -0.4 is 5.32 Å². The molecule has 0 spiro atoms. The number of halogens is 1. The molecular weight excluding hydrogens is 440 g/mol. The summed E-state index contributed by atoms with van der Waals surface area (Å²) in [6, 6.07) is 11.8. The van der Waals surface area contributed by atoms with Crippen molar-refractivity contribution in [2.24, 2.45) is 5.92 Å². The molecular formula is C22H25ClN2O5S. The smallest absolute Gasteiger partial charge is 0.338 e. The van der Waals surface area contributed by atoms with Crippen LogP contribution in [0.1, 0.15) is 34.3 Å². The van der Waals surface area contributed by atoms with Crippen molar-refractivity contribution in [1.29, 1.82) is 0 Å². The average Bonchev–Trinajstić information content (AvgIpc) is 2.76. The van der Waals surface area contributed by atoms with Crippen molar-refractivity contribution < 1.29 is 22.7 Å². The molecule has 0 aliphatic carbocycles. The molecule has 2 aromatic rings. The number of esters is 1. The summed E-state index contributed by atoms with van der Waals surface area (Å²) in [4.78, 5) is 24.6. The van der Waals surface area contributed by atoms with Gasteiger partial charge in [-0.2, -0.15) is 0 Å². The van der Waals surface area contributed by atoms with E-state index in [9.17, 15) is 18.0 Å². The van der Waals surface area contributed by atoms with E-state index < -0.39 is 16.0 Å². The zero-order valence-electron chi connectivity index (χ0n) is 17.4. The topological polar surface area (TPSA) is 92.8 Å². The average molecular weight is 465 g/mol. The SMILES string of the molecule is COC(=O)c1cccc(NC(=O)C2CCN(S(=O)(=O)Cc3ccc(Cl)cc3)CC2)c1C. The van der Waals surface area contributed by atoms with Crippen molar-refractivity contribution >= 4 is 39.2 Å². The zero-order valence-corrected chi connectivity index (χ0v) is 19.0. The first kappa shape index (κ1) is 23.2. The molecule has 1 amide bonds. The molecule has 1 aliphatic rings. The Morgan fingerprint density at radius 3 is 2.39 bits per heavy atom. The lowest BCUT2D eigenvalue weighted by molar-refractivity contribution is -0.120. The van der Waals surface area contributed by atoms with Crippen molar-refractivity contribution in [3.63, 3.8) is 0 Å². The summed E-state index contributed by atoms with van der Waals surface area (Å²) in [5.74, 6) is -1.04. The van der Waals surface area contributed by atoms with E-state index in [-0.39, 0.29) is 30.7 Å². The second-order valence-electron chi connectivity index (χ2n) is 7.51. The fourth-order valence-corrected chi connectivity index (χ4v) is 5.31. The Bertz CT molecular complexity index is 1060. The number of nitrogens with one attached hydrogen (secondary N) is 1. The maximum atomic E-state index is 12.7. The van der Waals surface area contributed by atoms with Crippen LogP contribution in [-0.2, 0) is 25.3 Å². The lowest BCUT2D eigenvalue weighted by Gasteiger charge is -2.30. The summed E-state index contributed by atoms with van der Waals surface area (Å²) in [5, 5.41) is 3.43. The third kappa shape index (κ3) is 5.64. The Hall–Kier alpha value is -2.42. The number of benzene rings is 2. The highest BCUT2D eigenvalue weighted by atomic mass is 35.5. The van der Waals surface area contributed by atoms with Crippen molar-refractivity contribution in [2.75, 3.05) is 25.5 Å². The van der Waals surface area contributed by atoms with Gasteiger partial charge in [-0.15, -0.1) is 0 Å². The van der Waals surface area contributed by atoms with Crippen LogP contribution >= 0.6 is 11.6 Å². The number of carbonyl (C=O) groups is 2. The highest BCUT2D eigenvalue weighted by molar-refractivity contribution is 7.88. The normalized spacial score (nSPS) is 15.5. The van der Waals surface area contributed by atoms with Gasteiger partial charge in [0, 0.05) is 29.7 Å². The van der Waals surface area contributed by atoms with Crippen LogP contribution in [0.25, 0.3) is 0 Å². The van der Waals surface area contributed by atoms with Gasteiger partial charge in [-0.1, -0.05) is 29.8 Å². The van der Waals surface area contributed by atoms with Crippen molar-refractivity contribution in [1.82, 2.24) is 4.31 Å². The minimum atomic E-state index is -3.47. The van der Waals surface area contributed by atoms with Gasteiger partial charge >= 0.3 is 5.97 Å². The molecule has 0 unspecified atom stereocenters. The second kappa shape index (κ2) is 9.80. The summed E-state index contributed by atoms with van der Waals surface area (Å²) in [6.07, 6.45) is 0.864. The number of piperidine rings is 1. The Kier molecular flexibility index (Phi) is 7.35. The molecule has 0 bridgehead atoms. The van der Waals surface area contributed by atoms with E-state index in [4.69, 9.17) is 16.3 Å². The fraction of sp³-hybridized carbons (Fsp3) is 0.364. The Morgan fingerprint density at radius 2 is 1.77 bits per heavy atom. The van der Waals surface area contributed by atoms with Crippen molar-refractivity contribution in [3.05, 3.63) is 64.2 Å². The minimum absolute atomic E-state index is 0.0967. The van der Waals surface area contributed by atoms with Crippen molar-refractivity contribution in [3.8, 4) is 0 Å². The van der Waals surface area contributed by atoms with Crippen LogP contribution in [0.4, 0.5) is 5.69 Å². The molecule has 0 radical (unpaired) electrons. The number of ether oxygens (including phenoxy) is 1. The number of amides is 1. The summed E-state index contributed by atoms with van der Waals surface area (Å²) >= 11 is 5.86. The first-order valence-electron chi connectivity index (χ1n) is 9.92. The highest BCUT2D eigenvalue weighted by Gasteiger charge is 2.31. The van der Waals surface area contributed by atoms with Gasteiger partial charge in [0.2, 0.25) is 15.9 Å². The number of methoxy groups -OCH3 is 1. The Morgan fingerprint density at radius 1 is 1.13 bits per heavy atom. The molecule has 1 heterocycles. The molecule has 3 rings (SSSR count). The lowest BCUT2D eigenvalue weighted by atomic mass is 9.96. The van der Waals surface area contributed by atoms with Gasteiger partial charge in [0.05, 0.1) is 18.4 Å². The molecule has 0 atom stereocenters.